The third-order valence-corrected chi connectivity index (χ3v) is 11.7. The summed E-state index contributed by atoms with van der Waals surface area (Å²) in [6.07, 6.45) is 5.39. The van der Waals surface area contributed by atoms with Gasteiger partial charge in [0.25, 0.3) is 0 Å². The largest absolute Gasteiger partial charge is 0.489 e. The molecule has 10 rings (SSSR count). The van der Waals surface area contributed by atoms with Gasteiger partial charge in [0.15, 0.2) is 13.6 Å². The number of rotatable bonds is 16. The second-order valence-electron chi connectivity index (χ2n) is 16.5. The van der Waals surface area contributed by atoms with Crippen LogP contribution >= 0.6 is 0 Å². The summed E-state index contributed by atoms with van der Waals surface area (Å²) in [4.78, 5) is 22.4. The number of hydrogen-bond acceptors (Lipinski definition) is 11. The highest BCUT2D eigenvalue weighted by Crippen LogP contribution is 2.34. The predicted octanol–water partition coefficient (Wildman–Crippen LogP) is 8.54. The molecule has 5 heterocycles. The van der Waals surface area contributed by atoms with E-state index < -0.39 is 11.9 Å². The fourth-order valence-corrected chi connectivity index (χ4v) is 8.65. The molecular weight excluding hydrogens is 895 g/mol. The number of carboxylic acids is 2. The third kappa shape index (κ3) is 10.6. The van der Waals surface area contributed by atoms with Crippen molar-refractivity contribution in [3.05, 3.63) is 177 Å². The minimum absolute atomic E-state index is 0.0978. The van der Waals surface area contributed by atoms with E-state index in [1.54, 1.807) is 24.3 Å². The first-order valence-electron chi connectivity index (χ1n) is 22.1. The van der Waals surface area contributed by atoms with Crippen molar-refractivity contribution in [2.45, 2.75) is 52.4 Å². The molecule has 2 aliphatic rings. The molecular formula is C52H48F2N4O11. The lowest BCUT2D eigenvalue weighted by molar-refractivity contribution is -0.0179. The van der Waals surface area contributed by atoms with Gasteiger partial charge in [-0.15, -0.1) is 0 Å². The van der Waals surface area contributed by atoms with Gasteiger partial charge < -0.3 is 63.7 Å². The second kappa shape index (κ2) is 20.7. The first kappa shape index (κ1) is 46.4. The normalized spacial score (nSPS) is 12.9. The summed E-state index contributed by atoms with van der Waals surface area (Å²) in [7, 11) is 0. The van der Waals surface area contributed by atoms with E-state index in [1.165, 1.54) is 30.3 Å². The Labute approximate surface area is 393 Å². The molecule has 0 unspecified atom stereocenters. The quantitative estimate of drug-likeness (QED) is 0.0718. The number of halogens is 2. The van der Waals surface area contributed by atoms with Crippen LogP contribution in [0.1, 0.15) is 65.6 Å². The average Bonchev–Trinajstić information content (AvgIpc) is 4.06. The first-order chi connectivity index (χ1) is 33.5. The average molecular weight is 943 g/mol. The summed E-state index contributed by atoms with van der Waals surface area (Å²) in [5.74, 6) is 0.132. The summed E-state index contributed by atoms with van der Waals surface area (Å²) in [6, 6.07) is 27.2. The van der Waals surface area contributed by atoms with Gasteiger partial charge in [0, 0.05) is 63.0 Å². The predicted molar refractivity (Wildman–Crippen MR) is 249 cm³/mol. The SMILES string of the molecule is NCCc1cn(Cc2ccc(C(=O)O)o2)c2ccc(OCc3cc(F)cc4c3OCOC4)cc12.NCCc1cn(Cc2cccc(C(=O)O)c2)c2ccc(OCc3cc(F)cc4c3OCOC4)cc12. The van der Waals surface area contributed by atoms with Gasteiger partial charge in [-0.2, -0.15) is 0 Å². The van der Waals surface area contributed by atoms with E-state index in [0.29, 0.717) is 103 Å². The van der Waals surface area contributed by atoms with Gasteiger partial charge in [0.1, 0.15) is 53.6 Å². The topological polar surface area (TPSA) is 205 Å². The Morgan fingerprint density at radius 3 is 1.68 bits per heavy atom. The lowest BCUT2D eigenvalue weighted by atomic mass is 10.1. The van der Waals surface area contributed by atoms with Crippen LogP contribution in [0.3, 0.4) is 0 Å². The van der Waals surface area contributed by atoms with Gasteiger partial charge in [0.05, 0.1) is 25.3 Å². The van der Waals surface area contributed by atoms with Crippen LogP contribution in [-0.4, -0.2) is 58.0 Å². The highest BCUT2D eigenvalue weighted by Gasteiger charge is 2.20. The van der Waals surface area contributed by atoms with Crippen LogP contribution in [0, 0.1) is 11.6 Å². The van der Waals surface area contributed by atoms with Gasteiger partial charge in [-0.1, -0.05) is 12.1 Å². The van der Waals surface area contributed by atoms with Crippen LogP contribution in [0.5, 0.6) is 23.0 Å². The Balaban J connectivity index is 0.000000172. The minimum Gasteiger partial charge on any atom is -0.489 e. The van der Waals surface area contributed by atoms with Gasteiger partial charge in [0.2, 0.25) is 5.76 Å². The number of hydrogen-bond donors (Lipinski definition) is 4. The van der Waals surface area contributed by atoms with Crippen molar-refractivity contribution in [1.82, 2.24) is 9.13 Å². The molecule has 5 aromatic carbocycles. The molecule has 0 saturated carbocycles. The Hall–Kier alpha value is -7.70. The van der Waals surface area contributed by atoms with E-state index in [1.807, 2.05) is 59.4 Å². The molecule has 0 bridgehead atoms. The Kier molecular flexibility index (Phi) is 13.9. The molecule has 0 spiro atoms. The van der Waals surface area contributed by atoms with Crippen LogP contribution < -0.4 is 30.4 Å². The molecule has 6 N–H and O–H groups in total. The van der Waals surface area contributed by atoms with E-state index in [9.17, 15) is 23.5 Å². The van der Waals surface area contributed by atoms with E-state index in [4.69, 9.17) is 49.4 Å². The number of furan rings is 1. The molecule has 3 aromatic heterocycles. The number of nitrogens with zero attached hydrogens (tertiary/aromatic N) is 2. The number of ether oxygens (including phenoxy) is 6. The van der Waals surface area contributed by atoms with Crippen LogP contribution in [0.2, 0.25) is 0 Å². The zero-order chi connectivity index (χ0) is 48.0. The Bertz CT molecular complexity index is 3180. The lowest BCUT2D eigenvalue weighted by Gasteiger charge is -2.21. The van der Waals surface area contributed by atoms with Crippen molar-refractivity contribution in [3.63, 3.8) is 0 Å². The van der Waals surface area contributed by atoms with Crippen molar-refractivity contribution in [2.75, 3.05) is 26.7 Å². The Morgan fingerprint density at radius 2 is 1.17 bits per heavy atom. The van der Waals surface area contributed by atoms with Crippen molar-refractivity contribution in [2.24, 2.45) is 11.5 Å². The van der Waals surface area contributed by atoms with Gasteiger partial charge >= 0.3 is 11.9 Å². The van der Waals surface area contributed by atoms with Crippen molar-refractivity contribution < 1.29 is 61.4 Å². The van der Waals surface area contributed by atoms with Crippen LogP contribution in [0.4, 0.5) is 8.78 Å². The summed E-state index contributed by atoms with van der Waals surface area (Å²) in [5, 5.41) is 20.4. The summed E-state index contributed by atoms with van der Waals surface area (Å²) >= 11 is 0. The number of nitrogens with two attached hydrogens (primary N) is 2. The number of aromatic carboxylic acids is 2. The van der Waals surface area contributed by atoms with Gasteiger partial charge in [-0.25, -0.2) is 18.4 Å². The minimum atomic E-state index is -1.10. The smallest absolute Gasteiger partial charge is 0.371 e. The zero-order valence-electron chi connectivity index (χ0n) is 37.3. The second-order valence-corrected chi connectivity index (χ2v) is 16.5. The van der Waals surface area contributed by atoms with Gasteiger partial charge in [-0.05, 0) is 128 Å². The molecule has 0 atom stereocenters. The van der Waals surface area contributed by atoms with Crippen molar-refractivity contribution in [3.8, 4) is 23.0 Å². The molecule has 0 aliphatic carbocycles. The highest BCUT2D eigenvalue weighted by molar-refractivity contribution is 5.88. The highest BCUT2D eigenvalue weighted by atomic mass is 19.1. The standard InChI is InChI=1S/C27H25FN2O5.C25H23FN2O6/c28-22-9-20-14-33-16-35-26(20)21(10-22)15-34-23-4-5-25-24(11-23)19(6-7-29)13-30(25)12-17-2-1-3-18(8-17)27(31)32;26-18-7-16-12-31-14-33-24(16)17(8-18)13-32-19-1-3-22-21(9-19)15(5-6-27)10-28(22)11-20-2-4-23(34-20)25(29)30/h1-5,8-11,13H,6-7,12,14-16,29H2,(H,31,32);1-4,7-10H,5-6,11-14,27H2,(H,29,30). The molecule has 69 heavy (non-hydrogen) atoms. The van der Waals surface area contributed by atoms with Gasteiger partial charge in [-0.3, -0.25) is 0 Å². The molecule has 0 fully saturated rings. The van der Waals surface area contributed by atoms with Crippen LogP contribution in [-0.2, 0) is 61.8 Å². The number of benzene rings is 5. The third-order valence-electron chi connectivity index (χ3n) is 11.7. The molecule has 0 amide bonds. The monoisotopic (exact) mass is 942 g/mol. The fraction of sp³-hybridized carbons (Fsp3) is 0.231. The first-order valence-corrected chi connectivity index (χ1v) is 22.1. The molecule has 2 aliphatic heterocycles. The van der Waals surface area contributed by atoms with Crippen molar-refractivity contribution >= 4 is 33.7 Å². The fourth-order valence-electron chi connectivity index (χ4n) is 8.65. The van der Waals surface area contributed by atoms with Crippen LogP contribution in [0.25, 0.3) is 21.8 Å². The van der Waals surface area contributed by atoms with E-state index in [-0.39, 0.29) is 49.8 Å². The maximum absolute atomic E-state index is 14.1. The van der Waals surface area contributed by atoms with E-state index in [2.05, 4.69) is 4.57 Å². The molecule has 0 saturated heterocycles. The summed E-state index contributed by atoms with van der Waals surface area (Å²) in [5.41, 5.74) is 19.4. The van der Waals surface area contributed by atoms with Crippen LogP contribution in [0.15, 0.2) is 114 Å². The number of fused-ring (bicyclic) bond motifs is 4. The maximum atomic E-state index is 14.1. The van der Waals surface area contributed by atoms with E-state index in [0.717, 1.165) is 38.5 Å². The Morgan fingerprint density at radius 1 is 0.623 bits per heavy atom. The summed E-state index contributed by atoms with van der Waals surface area (Å²) < 4.78 is 71.2. The lowest BCUT2D eigenvalue weighted by Crippen LogP contribution is -2.14. The number of carbonyl (C=O) groups is 2. The molecule has 15 nitrogen and oxygen atoms in total. The summed E-state index contributed by atoms with van der Waals surface area (Å²) in [6.45, 7) is 3.02. The zero-order valence-corrected chi connectivity index (χ0v) is 37.3. The number of carboxylic acid groups (broad SMARTS) is 2. The number of aromatic nitrogens is 2. The maximum Gasteiger partial charge on any atom is 0.371 e. The molecule has 17 heteroatoms. The molecule has 356 valence electrons. The molecule has 0 radical (unpaired) electrons. The molecule has 8 aromatic rings. The van der Waals surface area contributed by atoms with E-state index >= 15 is 0 Å². The van der Waals surface area contributed by atoms with Crippen molar-refractivity contribution in [1.29, 1.82) is 0 Å².